The molecular weight excluding hydrogens is 516 g/mol. The zero-order valence-corrected chi connectivity index (χ0v) is 22.3. The smallest absolute Gasteiger partial charge is 0.300 e. The van der Waals surface area contributed by atoms with Gasteiger partial charge in [0.25, 0.3) is 11.7 Å². The zero-order valence-electron chi connectivity index (χ0n) is 20.8. The second-order valence-corrected chi connectivity index (χ2v) is 10.6. The first-order valence-electron chi connectivity index (χ1n) is 11.7. The van der Waals surface area contributed by atoms with Crippen LogP contribution in [0.25, 0.3) is 5.76 Å². The molecule has 8 heteroatoms. The maximum atomic E-state index is 13.8. The number of halogens is 3. The number of aliphatic hydroxyl groups is 1. The first-order chi connectivity index (χ1) is 17.4. The van der Waals surface area contributed by atoms with Gasteiger partial charge in [-0.05, 0) is 66.4 Å². The molecule has 0 aliphatic carbocycles. The van der Waals surface area contributed by atoms with Gasteiger partial charge in [0.15, 0.2) is 0 Å². The number of ether oxygens (including phenoxy) is 1. The number of Topliss-reactive ketones (excluding diaryl/α,β-unsaturated/α-hetero) is 1. The van der Waals surface area contributed by atoms with Crippen molar-refractivity contribution in [3.05, 3.63) is 98.8 Å². The fraction of sp³-hybridized carbons (Fsp3) is 0.241. The number of aliphatic hydroxyl groups excluding tert-OH is 1. The molecule has 0 spiro atoms. The molecule has 3 aromatic rings. The van der Waals surface area contributed by atoms with E-state index in [1.54, 1.807) is 18.2 Å². The number of hydrogen-bond acceptors (Lipinski definition) is 4. The Hall–Kier alpha value is -3.35. The van der Waals surface area contributed by atoms with Gasteiger partial charge < -0.3 is 9.84 Å². The third kappa shape index (κ3) is 5.22. The highest BCUT2D eigenvalue weighted by Crippen LogP contribution is 2.44. The Morgan fingerprint density at radius 2 is 1.62 bits per heavy atom. The van der Waals surface area contributed by atoms with Gasteiger partial charge in [0.2, 0.25) is 0 Å². The Kier molecular flexibility index (Phi) is 7.36. The van der Waals surface area contributed by atoms with Crippen molar-refractivity contribution in [2.75, 3.05) is 11.5 Å². The molecule has 5 nitrogen and oxygen atoms in total. The number of benzene rings is 3. The summed E-state index contributed by atoms with van der Waals surface area (Å²) in [6, 6.07) is 14.0. The number of amides is 1. The van der Waals surface area contributed by atoms with Crippen molar-refractivity contribution in [2.45, 2.75) is 39.2 Å². The summed E-state index contributed by atoms with van der Waals surface area (Å²) in [5, 5.41) is 12.0. The molecule has 1 saturated heterocycles. The maximum absolute atomic E-state index is 13.8. The normalized spacial score (nSPS) is 17.4. The Morgan fingerprint density at radius 3 is 2.19 bits per heavy atom. The molecule has 4 rings (SSSR count). The van der Waals surface area contributed by atoms with Gasteiger partial charge in [0.1, 0.15) is 17.3 Å². The van der Waals surface area contributed by atoms with Gasteiger partial charge in [-0.3, -0.25) is 14.5 Å². The van der Waals surface area contributed by atoms with Crippen molar-refractivity contribution in [1.29, 1.82) is 0 Å². The van der Waals surface area contributed by atoms with Gasteiger partial charge in [-0.15, -0.1) is 0 Å². The van der Waals surface area contributed by atoms with Crippen LogP contribution in [0.5, 0.6) is 5.75 Å². The topological polar surface area (TPSA) is 66.8 Å². The van der Waals surface area contributed by atoms with Gasteiger partial charge in [-0.2, -0.15) is 0 Å². The van der Waals surface area contributed by atoms with Crippen LogP contribution in [-0.2, 0) is 15.0 Å². The first kappa shape index (κ1) is 26.7. The van der Waals surface area contributed by atoms with Crippen molar-refractivity contribution in [1.82, 2.24) is 0 Å². The lowest BCUT2D eigenvalue weighted by Crippen LogP contribution is -2.29. The quantitative estimate of drug-likeness (QED) is 0.207. The van der Waals surface area contributed by atoms with Crippen LogP contribution in [-0.4, -0.2) is 23.4 Å². The number of nitrogens with zero attached hydrogens (tertiary/aromatic N) is 1. The molecule has 1 aliphatic heterocycles. The Labute approximate surface area is 225 Å². The number of rotatable bonds is 5. The van der Waals surface area contributed by atoms with Crippen LogP contribution in [0, 0.1) is 5.82 Å². The van der Waals surface area contributed by atoms with E-state index < -0.39 is 23.5 Å². The molecule has 1 aliphatic rings. The molecule has 1 unspecified atom stereocenters. The Morgan fingerprint density at radius 1 is 1.00 bits per heavy atom. The van der Waals surface area contributed by atoms with Crippen LogP contribution in [0.4, 0.5) is 10.1 Å². The van der Waals surface area contributed by atoms with Crippen molar-refractivity contribution >= 4 is 46.3 Å². The summed E-state index contributed by atoms with van der Waals surface area (Å²) in [6.07, 6.45) is 0. The molecule has 37 heavy (non-hydrogen) atoms. The van der Waals surface area contributed by atoms with E-state index in [-0.39, 0.29) is 32.5 Å². The van der Waals surface area contributed by atoms with E-state index in [0.29, 0.717) is 23.5 Å². The van der Waals surface area contributed by atoms with Crippen molar-refractivity contribution < 1.29 is 23.8 Å². The SMILES string of the molecule is CCOc1ccc(/C(O)=C2/C(=O)C(=O)N(c3cc(Cl)cc(Cl)c3)C2c2ccc(F)cc2)cc1C(C)(C)C. The van der Waals surface area contributed by atoms with Gasteiger partial charge in [-0.25, -0.2) is 4.39 Å². The Bertz CT molecular complexity index is 1390. The van der Waals surface area contributed by atoms with Gasteiger partial charge in [-0.1, -0.05) is 56.1 Å². The molecule has 1 amide bonds. The van der Waals surface area contributed by atoms with E-state index >= 15 is 0 Å². The monoisotopic (exact) mass is 541 g/mol. The highest BCUT2D eigenvalue weighted by molar-refractivity contribution is 6.52. The van der Waals surface area contributed by atoms with E-state index in [0.717, 1.165) is 5.56 Å². The molecule has 1 heterocycles. The summed E-state index contributed by atoms with van der Waals surface area (Å²) < 4.78 is 19.5. The minimum atomic E-state index is -1.04. The standard InChI is InChI=1S/C29H26Cl2FNO4/c1-5-37-23-11-8-17(12-22(23)29(2,3)4)26(34)24-25(16-6-9-20(32)10-7-16)33(28(36)27(24)35)21-14-18(30)13-19(31)15-21/h6-15,25,34H,5H2,1-4H3/b26-24-. The molecule has 1 atom stereocenters. The molecule has 0 saturated carbocycles. The number of hydrogen-bond donors (Lipinski definition) is 1. The van der Waals surface area contributed by atoms with Crippen LogP contribution in [0.1, 0.15) is 50.4 Å². The predicted octanol–water partition coefficient (Wildman–Crippen LogP) is 7.46. The predicted molar refractivity (Wildman–Crippen MR) is 144 cm³/mol. The van der Waals surface area contributed by atoms with Crippen molar-refractivity contribution in [3.8, 4) is 5.75 Å². The van der Waals surface area contributed by atoms with Gasteiger partial charge in [0, 0.05) is 26.9 Å². The van der Waals surface area contributed by atoms with Crippen LogP contribution in [0.3, 0.4) is 0 Å². The fourth-order valence-corrected chi connectivity index (χ4v) is 4.95. The largest absolute Gasteiger partial charge is 0.507 e. The average Bonchev–Trinajstić information content (AvgIpc) is 3.08. The lowest BCUT2D eigenvalue weighted by atomic mass is 9.84. The van der Waals surface area contributed by atoms with Crippen molar-refractivity contribution in [2.24, 2.45) is 0 Å². The lowest BCUT2D eigenvalue weighted by molar-refractivity contribution is -0.132. The molecule has 1 N–H and O–H groups in total. The molecule has 3 aromatic carbocycles. The van der Waals surface area contributed by atoms with Gasteiger partial charge in [0.05, 0.1) is 18.2 Å². The van der Waals surface area contributed by atoms with Crippen molar-refractivity contribution in [3.63, 3.8) is 0 Å². The minimum absolute atomic E-state index is 0.128. The first-order valence-corrected chi connectivity index (χ1v) is 12.5. The maximum Gasteiger partial charge on any atom is 0.300 e. The summed E-state index contributed by atoms with van der Waals surface area (Å²) in [5.74, 6) is -1.91. The summed E-state index contributed by atoms with van der Waals surface area (Å²) in [4.78, 5) is 28.0. The third-order valence-corrected chi connectivity index (χ3v) is 6.55. The number of carbonyl (C=O) groups excluding carboxylic acids is 2. The summed E-state index contributed by atoms with van der Waals surface area (Å²) in [7, 11) is 0. The van der Waals surface area contributed by atoms with Crippen LogP contribution in [0.15, 0.2) is 66.2 Å². The molecule has 0 bridgehead atoms. The highest BCUT2D eigenvalue weighted by Gasteiger charge is 2.47. The zero-order chi connectivity index (χ0) is 27.1. The van der Waals surface area contributed by atoms with Gasteiger partial charge >= 0.3 is 0 Å². The minimum Gasteiger partial charge on any atom is -0.507 e. The van der Waals surface area contributed by atoms with E-state index in [1.807, 2.05) is 27.7 Å². The molecule has 0 radical (unpaired) electrons. The van der Waals surface area contributed by atoms with Crippen LogP contribution < -0.4 is 9.64 Å². The molecular formula is C29H26Cl2FNO4. The number of ketones is 1. The summed E-state index contributed by atoms with van der Waals surface area (Å²) in [5.41, 5.74) is 1.42. The van der Waals surface area contributed by atoms with Crippen LogP contribution >= 0.6 is 23.2 Å². The third-order valence-electron chi connectivity index (χ3n) is 6.12. The van der Waals surface area contributed by atoms with Crippen LogP contribution in [0.2, 0.25) is 10.0 Å². The van der Waals surface area contributed by atoms with E-state index in [9.17, 15) is 19.1 Å². The van der Waals surface area contributed by atoms with E-state index in [4.69, 9.17) is 27.9 Å². The second-order valence-electron chi connectivity index (χ2n) is 9.74. The average molecular weight is 542 g/mol. The molecule has 0 aromatic heterocycles. The number of carbonyl (C=O) groups is 2. The van der Waals surface area contributed by atoms with E-state index in [1.165, 1.54) is 47.4 Å². The lowest BCUT2D eigenvalue weighted by Gasteiger charge is -2.26. The van der Waals surface area contributed by atoms with E-state index in [2.05, 4.69) is 0 Å². The Balaban J connectivity index is 1.96. The second kappa shape index (κ2) is 10.2. The fourth-order valence-electron chi connectivity index (χ4n) is 4.44. The molecule has 192 valence electrons. The number of anilines is 1. The molecule has 1 fully saturated rings. The summed E-state index contributed by atoms with van der Waals surface area (Å²) >= 11 is 12.4. The highest BCUT2D eigenvalue weighted by atomic mass is 35.5. The summed E-state index contributed by atoms with van der Waals surface area (Å²) in [6.45, 7) is 8.37.